The number of hydrogen-bond acceptors (Lipinski definition) is 3. The van der Waals surface area contributed by atoms with Gasteiger partial charge in [0.05, 0.1) is 0 Å². The van der Waals surface area contributed by atoms with E-state index < -0.39 is 5.97 Å². The molecule has 1 fully saturated rings. The van der Waals surface area contributed by atoms with Gasteiger partial charge in [0, 0.05) is 17.3 Å². The number of nitrogens with zero attached hydrogens (tertiary/aromatic N) is 1. The summed E-state index contributed by atoms with van der Waals surface area (Å²) in [6.07, 6.45) is 4.02. The number of pyridine rings is 1. The Kier molecular flexibility index (Phi) is 4.24. The number of benzene rings is 3. The lowest BCUT2D eigenvalue weighted by atomic mass is 10.0. The molecule has 3 aromatic carbocycles. The average molecular weight is 380 g/mol. The first kappa shape index (κ1) is 17.4. The first-order valence-corrected chi connectivity index (χ1v) is 9.77. The maximum atomic E-state index is 11.8. The topological polar surface area (TPSA) is 62.2 Å². The second kappa shape index (κ2) is 7.06. The molecule has 4 nitrogen and oxygen atoms in total. The molecule has 0 atom stereocenters. The minimum absolute atomic E-state index is 0.214. The van der Waals surface area contributed by atoms with Gasteiger partial charge in [0.25, 0.3) is 0 Å². The summed E-state index contributed by atoms with van der Waals surface area (Å²) in [5.74, 6) is -0.132. The fraction of sp³-hybridized carbons (Fsp3) is 0.120. The lowest BCUT2D eigenvalue weighted by Crippen LogP contribution is -2.06. The molecular weight excluding hydrogens is 360 g/mol. The maximum Gasteiger partial charge on any atom is 0.339 e. The molecule has 4 heteroatoms. The van der Waals surface area contributed by atoms with Crippen molar-refractivity contribution in [3.8, 4) is 11.1 Å². The molecule has 1 heterocycles. The van der Waals surface area contributed by atoms with Crippen LogP contribution < -0.4 is 5.32 Å². The Morgan fingerprint density at radius 1 is 0.931 bits per heavy atom. The Hall–Kier alpha value is -3.66. The molecule has 0 amide bonds. The van der Waals surface area contributed by atoms with Crippen molar-refractivity contribution >= 4 is 28.2 Å². The standard InChI is InChI=1S/C25H20N2O2/c28-25(29)22-14-20(17-9-10-17)15-26-24(22)27-23-8-4-7-18-11-12-19(13-21(18)23)16-5-2-1-3-6-16/h1-8,11-15,17H,9-10H2,(H,26,27)(H,28,29). The second-order valence-corrected chi connectivity index (χ2v) is 7.48. The normalized spacial score (nSPS) is 13.4. The Morgan fingerprint density at radius 3 is 2.52 bits per heavy atom. The zero-order chi connectivity index (χ0) is 19.8. The third kappa shape index (κ3) is 3.45. The molecule has 0 bridgehead atoms. The van der Waals surface area contributed by atoms with Crippen molar-refractivity contribution < 1.29 is 9.90 Å². The van der Waals surface area contributed by atoms with Crippen molar-refractivity contribution in [2.45, 2.75) is 18.8 Å². The van der Waals surface area contributed by atoms with Gasteiger partial charge in [-0.15, -0.1) is 0 Å². The summed E-state index contributed by atoms with van der Waals surface area (Å²) in [5.41, 5.74) is 4.32. The SMILES string of the molecule is O=C(O)c1cc(C2CC2)cnc1Nc1cccc2ccc(-c3ccccc3)cc12. The number of carbonyl (C=O) groups is 1. The Bertz CT molecular complexity index is 1210. The first-order valence-electron chi connectivity index (χ1n) is 9.77. The Balaban J connectivity index is 1.58. The van der Waals surface area contributed by atoms with Crippen LogP contribution in [0.3, 0.4) is 0 Å². The smallest absolute Gasteiger partial charge is 0.339 e. The number of fused-ring (bicyclic) bond motifs is 1. The van der Waals surface area contributed by atoms with Crippen LogP contribution in [-0.2, 0) is 0 Å². The van der Waals surface area contributed by atoms with E-state index in [0.29, 0.717) is 11.7 Å². The van der Waals surface area contributed by atoms with Gasteiger partial charge >= 0.3 is 5.97 Å². The van der Waals surface area contributed by atoms with Crippen LogP contribution in [0.1, 0.15) is 34.7 Å². The number of aromatic carboxylic acids is 1. The van der Waals surface area contributed by atoms with E-state index in [1.165, 1.54) is 0 Å². The number of anilines is 2. The van der Waals surface area contributed by atoms with Crippen LogP contribution >= 0.6 is 0 Å². The molecule has 5 rings (SSSR count). The summed E-state index contributed by atoms with van der Waals surface area (Å²) >= 11 is 0. The number of nitrogens with one attached hydrogen (secondary N) is 1. The fourth-order valence-corrected chi connectivity index (χ4v) is 3.70. The van der Waals surface area contributed by atoms with Gasteiger partial charge in [0.1, 0.15) is 11.4 Å². The average Bonchev–Trinajstić information content (AvgIpc) is 3.60. The Morgan fingerprint density at radius 2 is 1.76 bits per heavy atom. The predicted molar refractivity (Wildman–Crippen MR) is 116 cm³/mol. The number of aromatic nitrogens is 1. The summed E-state index contributed by atoms with van der Waals surface area (Å²) in [6, 6.07) is 24.3. The van der Waals surface area contributed by atoms with Gasteiger partial charge < -0.3 is 10.4 Å². The number of carboxylic acids is 1. The molecule has 29 heavy (non-hydrogen) atoms. The van der Waals surface area contributed by atoms with Crippen LogP contribution in [0.4, 0.5) is 11.5 Å². The van der Waals surface area contributed by atoms with Crippen LogP contribution in [0.15, 0.2) is 79.0 Å². The van der Waals surface area contributed by atoms with Gasteiger partial charge in [-0.05, 0) is 59.0 Å². The van der Waals surface area contributed by atoms with E-state index in [2.05, 4.69) is 46.7 Å². The largest absolute Gasteiger partial charge is 0.478 e. The Labute approximate surface area is 168 Å². The molecule has 0 aliphatic heterocycles. The van der Waals surface area contributed by atoms with Crippen molar-refractivity contribution in [1.82, 2.24) is 4.98 Å². The van der Waals surface area contributed by atoms with Crippen molar-refractivity contribution in [1.29, 1.82) is 0 Å². The molecule has 1 saturated carbocycles. The van der Waals surface area contributed by atoms with Crippen molar-refractivity contribution in [3.05, 3.63) is 90.1 Å². The summed E-state index contributed by atoms with van der Waals surface area (Å²) in [5, 5.41) is 15.1. The highest BCUT2D eigenvalue weighted by molar-refractivity contribution is 6.00. The maximum absolute atomic E-state index is 11.8. The molecule has 142 valence electrons. The summed E-state index contributed by atoms with van der Waals surface area (Å²) in [6.45, 7) is 0. The molecule has 1 aromatic heterocycles. The van der Waals surface area contributed by atoms with Gasteiger partial charge in [-0.1, -0.05) is 54.6 Å². The summed E-state index contributed by atoms with van der Waals surface area (Å²) < 4.78 is 0. The van der Waals surface area contributed by atoms with Gasteiger partial charge in [-0.3, -0.25) is 0 Å². The molecule has 0 unspecified atom stereocenters. The lowest BCUT2D eigenvalue weighted by molar-refractivity contribution is 0.0697. The molecular formula is C25H20N2O2. The van der Waals surface area contributed by atoms with E-state index in [1.807, 2.05) is 30.3 Å². The zero-order valence-electron chi connectivity index (χ0n) is 15.8. The number of rotatable bonds is 5. The quantitative estimate of drug-likeness (QED) is 0.431. The van der Waals surface area contributed by atoms with E-state index in [9.17, 15) is 9.90 Å². The van der Waals surface area contributed by atoms with Crippen molar-refractivity contribution in [2.75, 3.05) is 5.32 Å². The number of hydrogen-bond donors (Lipinski definition) is 2. The minimum Gasteiger partial charge on any atom is -0.478 e. The summed E-state index contributed by atoms with van der Waals surface area (Å²) in [4.78, 5) is 16.3. The zero-order valence-corrected chi connectivity index (χ0v) is 15.8. The van der Waals surface area contributed by atoms with Crippen LogP contribution in [0.2, 0.25) is 0 Å². The predicted octanol–water partition coefficient (Wildman–Crippen LogP) is 6.22. The summed E-state index contributed by atoms with van der Waals surface area (Å²) in [7, 11) is 0. The molecule has 0 spiro atoms. The highest BCUT2D eigenvalue weighted by Gasteiger charge is 2.26. The third-order valence-electron chi connectivity index (χ3n) is 5.43. The molecule has 0 radical (unpaired) electrons. The second-order valence-electron chi connectivity index (χ2n) is 7.48. The molecule has 1 aliphatic rings. The van der Waals surface area contributed by atoms with Crippen LogP contribution in [-0.4, -0.2) is 16.1 Å². The van der Waals surface area contributed by atoms with E-state index in [-0.39, 0.29) is 5.56 Å². The first-order chi connectivity index (χ1) is 14.2. The van der Waals surface area contributed by atoms with Crippen LogP contribution in [0.25, 0.3) is 21.9 Å². The highest BCUT2D eigenvalue weighted by Crippen LogP contribution is 2.41. The van der Waals surface area contributed by atoms with Crippen LogP contribution in [0, 0.1) is 0 Å². The monoisotopic (exact) mass is 380 g/mol. The third-order valence-corrected chi connectivity index (χ3v) is 5.43. The van der Waals surface area contributed by atoms with E-state index in [1.54, 1.807) is 12.3 Å². The minimum atomic E-state index is -0.965. The lowest BCUT2D eigenvalue weighted by Gasteiger charge is -2.13. The molecule has 2 N–H and O–H groups in total. The van der Waals surface area contributed by atoms with E-state index in [4.69, 9.17) is 0 Å². The van der Waals surface area contributed by atoms with E-state index >= 15 is 0 Å². The number of carboxylic acid groups (broad SMARTS) is 1. The fourth-order valence-electron chi connectivity index (χ4n) is 3.70. The van der Waals surface area contributed by atoms with Crippen molar-refractivity contribution in [2.24, 2.45) is 0 Å². The van der Waals surface area contributed by atoms with Gasteiger partial charge in [0.2, 0.25) is 0 Å². The van der Waals surface area contributed by atoms with Crippen LogP contribution in [0.5, 0.6) is 0 Å². The van der Waals surface area contributed by atoms with E-state index in [0.717, 1.165) is 46.0 Å². The van der Waals surface area contributed by atoms with Crippen molar-refractivity contribution in [3.63, 3.8) is 0 Å². The van der Waals surface area contributed by atoms with Gasteiger partial charge in [-0.2, -0.15) is 0 Å². The molecule has 0 saturated heterocycles. The van der Waals surface area contributed by atoms with Gasteiger partial charge in [0.15, 0.2) is 0 Å². The van der Waals surface area contributed by atoms with Gasteiger partial charge in [-0.25, -0.2) is 9.78 Å². The molecule has 1 aliphatic carbocycles. The molecule has 4 aromatic rings. The highest BCUT2D eigenvalue weighted by atomic mass is 16.4.